The molecule has 1 aromatic carbocycles. The lowest BCUT2D eigenvalue weighted by molar-refractivity contribution is 0.553. The maximum absolute atomic E-state index is 13.5. The van der Waals surface area contributed by atoms with Crippen molar-refractivity contribution in [2.75, 3.05) is 13.1 Å². The second-order valence-electron chi connectivity index (χ2n) is 3.07. The fourth-order valence-corrected chi connectivity index (χ4v) is 2.30. The molecule has 1 aromatic rings. The summed E-state index contributed by atoms with van der Waals surface area (Å²) in [6, 6.07) is 4.23. The smallest absolute Gasteiger partial charge is 0.243 e. The molecule has 3 N–H and O–H groups in total. The molecule has 0 atom stereocenters. The zero-order valence-electron chi connectivity index (χ0n) is 8.33. The first-order valence-electron chi connectivity index (χ1n) is 4.44. The molecule has 1 rings (SSSR count). The van der Waals surface area contributed by atoms with Crippen LogP contribution in [0.1, 0.15) is 5.56 Å². The highest BCUT2D eigenvalue weighted by Gasteiger charge is 2.18. The minimum Gasteiger partial charge on any atom is -0.329 e. The van der Waals surface area contributed by atoms with Gasteiger partial charge in [0.05, 0.1) is 0 Å². The first kappa shape index (κ1) is 12.1. The average Bonchev–Trinajstić information content (AvgIpc) is 2.19. The Morgan fingerprint density at radius 2 is 2.13 bits per heavy atom. The fraction of sp³-hybridized carbons (Fsp3) is 0.333. The first-order valence-corrected chi connectivity index (χ1v) is 5.92. The van der Waals surface area contributed by atoms with Crippen LogP contribution in [0, 0.1) is 12.7 Å². The third-order valence-electron chi connectivity index (χ3n) is 1.88. The molecular formula is C9H13FN2O2S. The molecule has 0 bridgehead atoms. The number of rotatable bonds is 4. The van der Waals surface area contributed by atoms with Gasteiger partial charge in [0, 0.05) is 13.1 Å². The molecule has 0 saturated heterocycles. The van der Waals surface area contributed by atoms with Crippen LogP contribution in [-0.4, -0.2) is 21.5 Å². The molecular weight excluding hydrogens is 219 g/mol. The van der Waals surface area contributed by atoms with E-state index in [0.29, 0.717) is 5.56 Å². The van der Waals surface area contributed by atoms with Crippen molar-refractivity contribution < 1.29 is 12.8 Å². The molecule has 0 radical (unpaired) electrons. The highest BCUT2D eigenvalue weighted by atomic mass is 32.2. The second-order valence-corrected chi connectivity index (χ2v) is 4.81. The predicted octanol–water partition coefficient (Wildman–Crippen LogP) is 0.371. The largest absolute Gasteiger partial charge is 0.329 e. The Hall–Kier alpha value is -0.980. The van der Waals surface area contributed by atoms with Gasteiger partial charge in [0.2, 0.25) is 10.0 Å². The van der Waals surface area contributed by atoms with Crippen LogP contribution < -0.4 is 10.5 Å². The van der Waals surface area contributed by atoms with Crippen molar-refractivity contribution in [1.82, 2.24) is 4.72 Å². The van der Waals surface area contributed by atoms with Crippen LogP contribution in [0.25, 0.3) is 0 Å². The zero-order chi connectivity index (χ0) is 11.5. The van der Waals surface area contributed by atoms with Gasteiger partial charge in [-0.25, -0.2) is 17.5 Å². The standard InChI is InChI=1S/C9H13FN2O2S/c1-7-3-2-4-8(9(7)10)15(13,14)12-6-5-11/h2-4,12H,5-6,11H2,1H3. The highest BCUT2D eigenvalue weighted by molar-refractivity contribution is 7.89. The van der Waals surface area contributed by atoms with Crippen LogP contribution >= 0.6 is 0 Å². The van der Waals surface area contributed by atoms with Gasteiger partial charge < -0.3 is 5.73 Å². The molecule has 6 heteroatoms. The second kappa shape index (κ2) is 4.69. The van der Waals surface area contributed by atoms with Gasteiger partial charge in [-0.3, -0.25) is 0 Å². The third kappa shape index (κ3) is 2.74. The molecule has 0 heterocycles. The molecule has 4 nitrogen and oxygen atoms in total. The van der Waals surface area contributed by atoms with E-state index < -0.39 is 15.8 Å². The van der Waals surface area contributed by atoms with Crippen LogP contribution in [0.2, 0.25) is 0 Å². The number of hydrogen-bond donors (Lipinski definition) is 2. The van der Waals surface area contributed by atoms with Gasteiger partial charge in [0.1, 0.15) is 10.7 Å². The summed E-state index contributed by atoms with van der Waals surface area (Å²) in [7, 11) is -3.78. The molecule has 0 amide bonds. The summed E-state index contributed by atoms with van der Waals surface area (Å²) >= 11 is 0. The van der Waals surface area contributed by atoms with Gasteiger partial charge in [-0.15, -0.1) is 0 Å². The van der Waals surface area contributed by atoms with Crippen molar-refractivity contribution in [2.45, 2.75) is 11.8 Å². The number of benzene rings is 1. The minimum absolute atomic E-state index is 0.0930. The molecule has 0 aromatic heterocycles. The molecule has 0 aliphatic rings. The van der Waals surface area contributed by atoms with Gasteiger partial charge in [-0.05, 0) is 18.6 Å². The number of aryl methyl sites for hydroxylation is 1. The fourth-order valence-electron chi connectivity index (χ4n) is 1.10. The SMILES string of the molecule is Cc1cccc(S(=O)(=O)NCCN)c1F. The van der Waals surface area contributed by atoms with Gasteiger partial charge in [0.25, 0.3) is 0 Å². The van der Waals surface area contributed by atoms with Gasteiger partial charge in [-0.1, -0.05) is 12.1 Å². The minimum atomic E-state index is -3.78. The Kier molecular flexibility index (Phi) is 3.78. The maximum Gasteiger partial charge on any atom is 0.243 e. The molecule has 15 heavy (non-hydrogen) atoms. The summed E-state index contributed by atoms with van der Waals surface area (Å²) in [5, 5.41) is 0. The summed E-state index contributed by atoms with van der Waals surface area (Å²) in [6.07, 6.45) is 0. The van der Waals surface area contributed by atoms with Crippen molar-refractivity contribution in [3.05, 3.63) is 29.6 Å². The molecule has 0 aliphatic heterocycles. The van der Waals surface area contributed by atoms with E-state index in [1.807, 2.05) is 0 Å². The van der Waals surface area contributed by atoms with Crippen molar-refractivity contribution in [1.29, 1.82) is 0 Å². The van der Waals surface area contributed by atoms with E-state index in [9.17, 15) is 12.8 Å². The Morgan fingerprint density at radius 1 is 1.47 bits per heavy atom. The summed E-state index contributed by atoms with van der Waals surface area (Å²) in [5.74, 6) is -0.720. The summed E-state index contributed by atoms with van der Waals surface area (Å²) in [5.41, 5.74) is 5.46. The topological polar surface area (TPSA) is 72.2 Å². The molecule has 0 saturated carbocycles. The van der Waals surface area contributed by atoms with Gasteiger partial charge in [-0.2, -0.15) is 0 Å². The Balaban J connectivity index is 3.10. The molecule has 84 valence electrons. The van der Waals surface area contributed by atoms with E-state index in [1.54, 1.807) is 0 Å². The molecule has 0 spiro atoms. The summed E-state index contributed by atoms with van der Waals surface area (Å²) < 4.78 is 38.8. The predicted molar refractivity (Wildman–Crippen MR) is 55.4 cm³/mol. The maximum atomic E-state index is 13.5. The Morgan fingerprint density at radius 3 is 2.73 bits per heavy atom. The number of sulfonamides is 1. The molecule has 0 unspecified atom stereocenters. The quantitative estimate of drug-likeness (QED) is 0.788. The van der Waals surface area contributed by atoms with E-state index in [1.165, 1.54) is 25.1 Å². The van der Waals surface area contributed by atoms with Crippen LogP contribution in [0.15, 0.2) is 23.1 Å². The lowest BCUT2D eigenvalue weighted by Gasteiger charge is -2.07. The Bertz CT molecular complexity index is 445. The van der Waals surface area contributed by atoms with Crippen LogP contribution in [0.4, 0.5) is 4.39 Å². The summed E-state index contributed by atoms with van der Waals surface area (Å²) in [6.45, 7) is 1.78. The Labute approximate surface area is 88.3 Å². The summed E-state index contributed by atoms with van der Waals surface area (Å²) in [4.78, 5) is -0.337. The van der Waals surface area contributed by atoms with Crippen LogP contribution in [0.3, 0.4) is 0 Å². The monoisotopic (exact) mass is 232 g/mol. The third-order valence-corrected chi connectivity index (χ3v) is 3.36. The van der Waals surface area contributed by atoms with Gasteiger partial charge in [0.15, 0.2) is 0 Å². The first-order chi connectivity index (χ1) is 6.99. The number of nitrogens with one attached hydrogen (secondary N) is 1. The zero-order valence-corrected chi connectivity index (χ0v) is 9.14. The van der Waals surface area contributed by atoms with Crippen molar-refractivity contribution in [3.8, 4) is 0 Å². The van der Waals surface area contributed by atoms with E-state index in [2.05, 4.69) is 4.72 Å². The van der Waals surface area contributed by atoms with Gasteiger partial charge >= 0.3 is 0 Å². The van der Waals surface area contributed by atoms with Crippen molar-refractivity contribution in [3.63, 3.8) is 0 Å². The highest BCUT2D eigenvalue weighted by Crippen LogP contribution is 2.16. The van der Waals surface area contributed by atoms with E-state index >= 15 is 0 Å². The molecule has 0 fully saturated rings. The molecule has 0 aliphatic carbocycles. The van der Waals surface area contributed by atoms with E-state index in [4.69, 9.17) is 5.73 Å². The van der Waals surface area contributed by atoms with Crippen LogP contribution in [-0.2, 0) is 10.0 Å². The lowest BCUT2D eigenvalue weighted by atomic mass is 10.2. The lowest BCUT2D eigenvalue weighted by Crippen LogP contribution is -2.29. The number of nitrogens with two attached hydrogens (primary N) is 1. The number of hydrogen-bond acceptors (Lipinski definition) is 3. The number of halogens is 1. The van der Waals surface area contributed by atoms with Crippen molar-refractivity contribution in [2.24, 2.45) is 5.73 Å². The van der Waals surface area contributed by atoms with E-state index in [-0.39, 0.29) is 18.0 Å². The average molecular weight is 232 g/mol. The van der Waals surface area contributed by atoms with E-state index in [0.717, 1.165) is 0 Å². The van der Waals surface area contributed by atoms with Crippen molar-refractivity contribution >= 4 is 10.0 Å². The normalized spacial score (nSPS) is 11.7. The van der Waals surface area contributed by atoms with Crippen LogP contribution in [0.5, 0.6) is 0 Å².